The van der Waals surface area contributed by atoms with Gasteiger partial charge in [0.2, 0.25) is 0 Å². The molecular formula is C11H14BrN3O2. The van der Waals surface area contributed by atoms with E-state index < -0.39 is 4.92 Å². The van der Waals surface area contributed by atoms with E-state index in [9.17, 15) is 10.1 Å². The van der Waals surface area contributed by atoms with Gasteiger partial charge in [-0.1, -0.05) is 6.92 Å². The molecule has 0 saturated heterocycles. The molecule has 0 unspecified atom stereocenters. The number of pyridine rings is 1. The number of anilines is 1. The van der Waals surface area contributed by atoms with Gasteiger partial charge in [-0.25, -0.2) is 4.98 Å². The van der Waals surface area contributed by atoms with Crippen LogP contribution in [0.5, 0.6) is 0 Å². The minimum absolute atomic E-state index is 0.0417. The topological polar surface area (TPSA) is 68.1 Å². The van der Waals surface area contributed by atoms with Gasteiger partial charge in [-0.15, -0.1) is 0 Å². The van der Waals surface area contributed by atoms with E-state index in [2.05, 4.69) is 33.2 Å². The molecule has 0 spiro atoms. The van der Waals surface area contributed by atoms with Crippen LogP contribution in [0.2, 0.25) is 0 Å². The van der Waals surface area contributed by atoms with Crippen molar-refractivity contribution in [2.75, 3.05) is 11.9 Å². The molecule has 0 aromatic carbocycles. The van der Waals surface area contributed by atoms with Crippen LogP contribution in [0.3, 0.4) is 0 Å². The van der Waals surface area contributed by atoms with E-state index in [1.54, 1.807) is 6.92 Å². The predicted octanol–water partition coefficient (Wildman–Crippen LogP) is 3.27. The molecule has 1 aromatic rings. The molecule has 0 amide bonds. The van der Waals surface area contributed by atoms with Crippen molar-refractivity contribution in [1.82, 2.24) is 4.98 Å². The van der Waals surface area contributed by atoms with Crippen molar-refractivity contribution in [3.8, 4) is 0 Å². The molecule has 5 nitrogen and oxygen atoms in total. The van der Waals surface area contributed by atoms with Gasteiger partial charge in [-0.3, -0.25) is 10.1 Å². The highest BCUT2D eigenvalue weighted by molar-refractivity contribution is 9.10. The summed E-state index contributed by atoms with van der Waals surface area (Å²) < 4.78 is 0.677. The SMILES string of the molecule is Cc1c([N+](=O)[O-])cnc(NCC2(C)CC2)c1Br. The molecule has 17 heavy (non-hydrogen) atoms. The Balaban J connectivity index is 2.18. The molecule has 1 heterocycles. The molecule has 0 radical (unpaired) electrons. The van der Waals surface area contributed by atoms with E-state index in [1.807, 2.05) is 0 Å². The highest BCUT2D eigenvalue weighted by Crippen LogP contribution is 2.45. The van der Waals surface area contributed by atoms with Crippen LogP contribution in [-0.2, 0) is 0 Å². The fourth-order valence-corrected chi connectivity index (χ4v) is 2.01. The van der Waals surface area contributed by atoms with Gasteiger partial charge in [0.05, 0.1) is 9.40 Å². The van der Waals surface area contributed by atoms with Crippen LogP contribution < -0.4 is 5.32 Å². The Morgan fingerprint density at radius 1 is 1.65 bits per heavy atom. The van der Waals surface area contributed by atoms with Gasteiger partial charge in [0.1, 0.15) is 12.0 Å². The lowest BCUT2D eigenvalue weighted by Gasteiger charge is -2.12. The molecule has 1 aromatic heterocycles. The summed E-state index contributed by atoms with van der Waals surface area (Å²) in [7, 11) is 0. The molecule has 0 bridgehead atoms. The van der Waals surface area contributed by atoms with Crippen molar-refractivity contribution in [1.29, 1.82) is 0 Å². The highest BCUT2D eigenvalue weighted by atomic mass is 79.9. The molecule has 1 aliphatic carbocycles. The van der Waals surface area contributed by atoms with Crippen molar-refractivity contribution in [3.63, 3.8) is 0 Å². The Kier molecular flexibility index (Phi) is 3.07. The van der Waals surface area contributed by atoms with Gasteiger partial charge in [0, 0.05) is 12.1 Å². The lowest BCUT2D eigenvalue weighted by atomic mass is 10.1. The number of aromatic nitrogens is 1. The lowest BCUT2D eigenvalue weighted by molar-refractivity contribution is -0.385. The van der Waals surface area contributed by atoms with E-state index in [1.165, 1.54) is 19.0 Å². The number of hydrogen-bond acceptors (Lipinski definition) is 4. The number of nitrogens with zero attached hydrogens (tertiary/aromatic N) is 2. The van der Waals surface area contributed by atoms with E-state index in [0.29, 0.717) is 21.3 Å². The molecule has 1 N–H and O–H groups in total. The fourth-order valence-electron chi connectivity index (χ4n) is 1.56. The summed E-state index contributed by atoms with van der Waals surface area (Å²) in [6.07, 6.45) is 3.75. The first kappa shape index (κ1) is 12.3. The van der Waals surface area contributed by atoms with Crippen LogP contribution >= 0.6 is 15.9 Å². The molecule has 1 aliphatic rings. The van der Waals surface area contributed by atoms with Crippen molar-refractivity contribution < 1.29 is 4.92 Å². The number of nitrogens with one attached hydrogen (secondary N) is 1. The minimum atomic E-state index is -0.418. The quantitative estimate of drug-likeness (QED) is 0.684. The van der Waals surface area contributed by atoms with Gasteiger partial charge in [-0.2, -0.15) is 0 Å². The molecule has 1 saturated carbocycles. The average Bonchev–Trinajstić information content (AvgIpc) is 2.99. The molecule has 0 atom stereocenters. The molecular weight excluding hydrogens is 286 g/mol. The maximum absolute atomic E-state index is 10.7. The average molecular weight is 300 g/mol. The third-order valence-corrected chi connectivity index (χ3v) is 4.19. The highest BCUT2D eigenvalue weighted by Gasteiger charge is 2.37. The summed E-state index contributed by atoms with van der Waals surface area (Å²) in [6, 6.07) is 0. The van der Waals surface area contributed by atoms with Crippen LogP contribution in [0.15, 0.2) is 10.7 Å². The lowest BCUT2D eigenvalue weighted by Crippen LogP contribution is -2.13. The zero-order valence-electron chi connectivity index (χ0n) is 9.79. The Morgan fingerprint density at radius 2 is 2.29 bits per heavy atom. The largest absolute Gasteiger partial charge is 0.369 e. The second-order valence-electron chi connectivity index (χ2n) is 4.85. The third kappa shape index (κ3) is 2.57. The van der Waals surface area contributed by atoms with Gasteiger partial charge >= 0.3 is 0 Å². The number of rotatable bonds is 4. The maximum atomic E-state index is 10.7. The number of nitro groups is 1. The Hall–Kier alpha value is -1.17. The Bertz CT molecular complexity index is 472. The summed E-state index contributed by atoms with van der Waals surface area (Å²) in [6.45, 7) is 4.79. The summed E-state index contributed by atoms with van der Waals surface area (Å²) in [5, 5.41) is 14.0. The standard InChI is InChI=1S/C11H14BrN3O2/c1-7-8(15(16)17)5-13-10(9(7)12)14-6-11(2)3-4-11/h5H,3-4,6H2,1-2H3,(H,13,14). The second-order valence-corrected chi connectivity index (χ2v) is 5.65. The number of halogens is 1. The summed E-state index contributed by atoms with van der Waals surface area (Å²) in [5.41, 5.74) is 1.02. The first-order valence-corrected chi connectivity index (χ1v) is 6.26. The molecule has 2 rings (SSSR count). The summed E-state index contributed by atoms with van der Waals surface area (Å²) >= 11 is 3.36. The molecule has 0 aliphatic heterocycles. The van der Waals surface area contributed by atoms with Crippen molar-refractivity contribution in [3.05, 3.63) is 26.3 Å². The van der Waals surface area contributed by atoms with E-state index in [4.69, 9.17) is 0 Å². The third-order valence-electron chi connectivity index (χ3n) is 3.22. The van der Waals surface area contributed by atoms with Crippen molar-refractivity contribution >= 4 is 27.4 Å². The van der Waals surface area contributed by atoms with Crippen molar-refractivity contribution in [2.45, 2.75) is 26.7 Å². The molecule has 6 heteroatoms. The van der Waals surface area contributed by atoms with E-state index in [0.717, 1.165) is 6.54 Å². The summed E-state index contributed by atoms with van der Waals surface area (Å²) in [5.74, 6) is 0.682. The monoisotopic (exact) mass is 299 g/mol. The Morgan fingerprint density at radius 3 is 2.82 bits per heavy atom. The zero-order valence-corrected chi connectivity index (χ0v) is 11.4. The van der Waals surface area contributed by atoms with Gasteiger partial charge in [0.15, 0.2) is 0 Å². The van der Waals surface area contributed by atoms with Gasteiger partial charge in [-0.05, 0) is 41.1 Å². The van der Waals surface area contributed by atoms with E-state index in [-0.39, 0.29) is 5.69 Å². The molecule has 92 valence electrons. The Labute approximate surface area is 108 Å². The second kappa shape index (κ2) is 4.25. The zero-order chi connectivity index (χ0) is 12.6. The van der Waals surface area contributed by atoms with Crippen molar-refractivity contribution in [2.24, 2.45) is 5.41 Å². The van der Waals surface area contributed by atoms with Gasteiger partial charge < -0.3 is 5.32 Å². The normalized spacial score (nSPS) is 16.6. The molecule has 1 fully saturated rings. The van der Waals surface area contributed by atoms with Gasteiger partial charge in [0.25, 0.3) is 5.69 Å². The number of hydrogen-bond donors (Lipinski definition) is 1. The first-order valence-electron chi connectivity index (χ1n) is 5.46. The maximum Gasteiger partial charge on any atom is 0.291 e. The smallest absolute Gasteiger partial charge is 0.291 e. The predicted molar refractivity (Wildman–Crippen MR) is 69.2 cm³/mol. The van der Waals surface area contributed by atoms with Crippen LogP contribution in [0, 0.1) is 22.5 Å². The first-order chi connectivity index (χ1) is 7.93. The van der Waals surface area contributed by atoms with E-state index >= 15 is 0 Å². The fraction of sp³-hybridized carbons (Fsp3) is 0.545. The van der Waals surface area contributed by atoms with Crippen LogP contribution in [0.1, 0.15) is 25.3 Å². The van der Waals surface area contributed by atoms with Crippen LogP contribution in [0.25, 0.3) is 0 Å². The summed E-state index contributed by atoms with van der Waals surface area (Å²) in [4.78, 5) is 14.4. The van der Waals surface area contributed by atoms with Crippen LogP contribution in [0.4, 0.5) is 11.5 Å². The minimum Gasteiger partial charge on any atom is -0.369 e. The van der Waals surface area contributed by atoms with Crippen LogP contribution in [-0.4, -0.2) is 16.5 Å².